The third kappa shape index (κ3) is 5.17. The Bertz CT molecular complexity index is 1070. The minimum absolute atomic E-state index is 0.0131. The number of hydrogen-bond acceptors (Lipinski definition) is 8. The van der Waals surface area contributed by atoms with Crippen molar-refractivity contribution in [1.82, 2.24) is 0 Å². The minimum Gasteiger partial charge on any atom is -0.394 e. The lowest BCUT2D eigenvalue weighted by Crippen LogP contribution is -2.67. The van der Waals surface area contributed by atoms with Crippen molar-refractivity contribution < 1.29 is 40.1 Å². The lowest BCUT2D eigenvalue weighted by molar-refractivity contribution is -0.336. The van der Waals surface area contributed by atoms with E-state index < -0.39 is 49.0 Å². The number of fused-ring (bicyclic) bond motifs is 5. The molecule has 15 atom stereocenters. The second-order valence-electron chi connectivity index (χ2n) is 17.3. The molecule has 1 heterocycles. The molecule has 0 radical (unpaired) electrons. The third-order valence-electron chi connectivity index (χ3n) is 14.6. The fraction of sp³-hybridized carbons (Fsp3) is 0.944. The van der Waals surface area contributed by atoms with E-state index in [0.29, 0.717) is 18.3 Å². The predicted octanol–water partition coefficient (Wildman–Crippen LogP) is 4.32. The fourth-order valence-corrected chi connectivity index (χ4v) is 11.8. The van der Waals surface area contributed by atoms with Gasteiger partial charge in [0.1, 0.15) is 24.4 Å². The Hall–Kier alpha value is -0.580. The summed E-state index contributed by atoms with van der Waals surface area (Å²) in [6.45, 7) is 17.5. The van der Waals surface area contributed by atoms with Crippen LogP contribution in [-0.4, -0.2) is 85.8 Å². The minimum atomic E-state index is -1.50. The van der Waals surface area contributed by atoms with Gasteiger partial charge >= 0.3 is 0 Å². The van der Waals surface area contributed by atoms with Gasteiger partial charge in [-0.2, -0.15) is 0 Å². The molecule has 8 heteroatoms. The second-order valence-corrected chi connectivity index (χ2v) is 17.3. The first-order valence-corrected chi connectivity index (χ1v) is 17.3. The van der Waals surface area contributed by atoms with Crippen molar-refractivity contribution in [3.05, 3.63) is 11.6 Å². The smallest absolute Gasteiger partial charge is 0.187 e. The van der Waals surface area contributed by atoms with E-state index >= 15 is 0 Å². The Balaban J connectivity index is 1.49. The number of rotatable bonds is 7. The molecule has 4 saturated carbocycles. The Kier molecular flexibility index (Phi) is 9.35. The van der Waals surface area contributed by atoms with Crippen molar-refractivity contribution >= 4 is 0 Å². The van der Waals surface area contributed by atoms with E-state index in [4.69, 9.17) is 9.47 Å². The predicted molar refractivity (Wildman–Crippen MR) is 168 cm³/mol. The topological polar surface area (TPSA) is 140 Å². The molecule has 5 fully saturated rings. The summed E-state index contributed by atoms with van der Waals surface area (Å²) in [6, 6.07) is 0. The van der Waals surface area contributed by atoms with Crippen LogP contribution in [0.1, 0.15) is 113 Å². The van der Waals surface area contributed by atoms with Crippen molar-refractivity contribution in [1.29, 1.82) is 0 Å². The molecule has 254 valence electrons. The lowest BCUT2D eigenvalue weighted by atomic mass is 9.35. The Morgan fingerprint density at radius 1 is 0.864 bits per heavy atom. The van der Waals surface area contributed by atoms with E-state index in [9.17, 15) is 30.6 Å². The molecule has 0 aromatic heterocycles. The van der Waals surface area contributed by atoms with E-state index in [2.05, 4.69) is 61.5 Å². The average molecular weight is 623 g/mol. The van der Waals surface area contributed by atoms with E-state index in [-0.39, 0.29) is 39.6 Å². The van der Waals surface area contributed by atoms with Gasteiger partial charge in [0.05, 0.1) is 24.4 Å². The first-order chi connectivity index (χ1) is 20.4. The van der Waals surface area contributed by atoms with Gasteiger partial charge in [-0.15, -0.1) is 0 Å². The normalized spacial score (nSPS) is 51.5. The van der Waals surface area contributed by atoms with Gasteiger partial charge in [0, 0.05) is 0 Å². The number of hydrogen-bond donors (Lipinski definition) is 6. The lowest BCUT2D eigenvalue weighted by Gasteiger charge is -2.70. The van der Waals surface area contributed by atoms with Gasteiger partial charge in [0.15, 0.2) is 6.29 Å². The Labute approximate surface area is 265 Å². The van der Waals surface area contributed by atoms with Crippen LogP contribution < -0.4 is 0 Å². The largest absolute Gasteiger partial charge is 0.394 e. The van der Waals surface area contributed by atoms with Crippen LogP contribution in [0.4, 0.5) is 0 Å². The first-order valence-electron chi connectivity index (χ1n) is 17.3. The maximum atomic E-state index is 12.2. The summed E-state index contributed by atoms with van der Waals surface area (Å²) in [5, 5.41) is 65.0. The summed E-state index contributed by atoms with van der Waals surface area (Å²) < 4.78 is 12.6. The van der Waals surface area contributed by atoms with Gasteiger partial charge in [-0.05, 0) is 124 Å². The summed E-state index contributed by atoms with van der Waals surface area (Å²) in [4.78, 5) is 0. The number of allylic oxidation sites excluding steroid dienone is 2. The molecule has 0 amide bonds. The molecule has 1 saturated heterocycles. The van der Waals surface area contributed by atoms with Crippen molar-refractivity contribution in [2.45, 2.75) is 162 Å². The van der Waals surface area contributed by atoms with Crippen LogP contribution in [0.3, 0.4) is 0 Å². The zero-order valence-corrected chi connectivity index (χ0v) is 28.5. The quantitative estimate of drug-likeness (QED) is 0.231. The highest BCUT2D eigenvalue weighted by Gasteiger charge is 2.71. The molecule has 0 spiro atoms. The maximum absolute atomic E-state index is 12.2. The monoisotopic (exact) mass is 622 g/mol. The van der Waals surface area contributed by atoms with Crippen LogP contribution >= 0.6 is 0 Å². The molecule has 44 heavy (non-hydrogen) atoms. The zero-order valence-electron chi connectivity index (χ0n) is 28.5. The van der Waals surface area contributed by atoms with Crippen molar-refractivity contribution in [3.8, 4) is 0 Å². The molecule has 0 aromatic rings. The van der Waals surface area contributed by atoms with Crippen LogP contribution in [0.25, 0.3) is 0 Å². The molecule has 8 nitrogen and oxygen atoms in total. The molecule has 5 aliphatic rings. The Morgan fingerprint density at radius 2 is 1.52 bits per heavy atom. The van der Waals surface area contributed by atoms with Crippen molar-refractivity contribution in [2.75, 3.05) is 6.61 Å². The Morgan fingerprint density at radius 3 is 2.16 bits per heavy atom. The third-order valence-corrected chi connectivity index (χ3v) is 14.6. The van der Waals surface area contributed by atoms with Crippen LogP contribution in [0, 0.1) is 45.3 Å². The highest BCUT2D eigenvalue weighted by Crippen LogP contribution is 2.76. The molecular formula is C36H62O8. The first kappa shape index (κ1) is 34.7. The molecule has 1 unspecified atom stereocenters. The van der Waals surface area contributed by atoms with E-state index in [1.807, 2.05) is 0 Å². The summed E-state index contributed by atoms with van der Waals surface area (Å²) in [7, 11) is 0. The standard InChI is InChI=1S/C36H62O8/c1-20(2)10-9-14-36(8,44-31-30(42)29(41)28(40)23(19-37)43-31)21-11-16-35(7)27(21)22(38)18-25-33(5)15-13-26(39)32(3,4)24(33)12-17-34(25,35)6/h10,21-31,37-42H,9,11-19H2,1-8H3/t21-,22+,23+,24-,25?,26-,27-,28+,29-,30+,31-,33-,34+,35+,36-/m0/s1. The van der Waals surface area contributed by atoms with Crippen molar-refractivity contribution in [2.24, 2.45) is 45.3 Å². The van der Waals surface area contributed by atoms with Crippen molar-refractivity contribution in [3.63, 3.8) is 0 Å². The van der Waals surface area contributed by atoms with E-state index in [0.717, 1.165) is 51.4 Å². The molecule has 4 aliphatic carbocycles. The van der Waals surface area contributed by atoms with Crippen LogP contribution in [0.5, 0.6) is 0 Å². The molecule has 5 rings (SSSR count). The fourth-order valence-electron chi connectivity index (χ4n) is 11.8. The van der Waals surface area contributed by atoms with Gasteiger partial charge < -0.3 is 40.1 Å². The zero-order chi connectivity index (χ0) is 32.6. The molecule has 6 N–H and O–H groups in total. The van der Waals surface area contributed by atoms with Gasteiger partial charge in [0.2, 0.25) is 0 Å². The van der Waals surface area contributed by atoms with Crippen LogP contribution in [0.15, 0.2) is 11.6 Å². The SMILES string of the molecule is CC(C)=CCC[C@](C)(O[C@@H]1O[C@H](CO)[C@@H](O)[C@H](O)[C@H]1O)[C@H]1CC[C@]2(C)[C@@H]1[C@H](O)CC1[C@@]3(C)CC[C@H](O)C(C)(C)[C@@H]3CC[C@]12C. The van der Waals surface area contributed by atoms with E-state index in [1.54, 1.807) is 0 Å². The number of ether oxygens (including phenoxy) is 2. The summed E-state index contributed by atoms with van der Waals surface area (Å²) in [5.41, 5.74) is 0.171. The highest BCUT2D eigenvalue weighted by atomic mass is 16.7. The molecule has 0 aromatic carbocycles. The van der Waals surface area contributed by atoms with Crippen LogP contribution in [-0.2, 0) is 9.47 Å². The van der Waals surface area contributed by atoms with Crippen LogP contribution in [0.2, 0.25) is 0 Å². The van der Waals surface area contributed by atoms with Gasteiger partial charge in [-0.1, -0.05) is 46.3 Å². The van der Waals surface area contributed by atoms with Gasteiger partial charge in [0.25, 0.3) is 0 Å². The highest BCUT2D eigenvalue weighted by molar-refractivity contribution is 5.20. The molecular weight excluding hydrogens is 560 g/mol. The van der Waals surface area contributed by atoms with Gasteiger partial charge in [-0.25, -0.2) is 0 Å². The average Bonchev–Trinajstić information content (AvgIpc) is 3.33. The van der Waals surface area contributed by atoms with E-state index in [1.165, 1.54) is 5.57 Å². The number of aliphatic hydroxyl groups excluding tert-OH is 6. The molecule has 0 bridgehead atoms. The number of aliphatic hydroxyl groups is 6. The summed E-state index contributed by atoms with van der Waals surface area (Å²) in [5.74, 6) is 0.713. The summed E-state index contributed by atoms with van der Waals surface area (Å²) >= 11 is 0. The maximum Gasteiger partial charge on any atom is 0.187 e. The second kappa shape index (κ2) is 11.8. The van der Waals surface area contributed by atoms with Gasteiger partial charge in [-0.3, -0.25) is 0 Å². The summed E-state index contributed by atoms with van der Waals surface area (Å²) in [6.07, 6.45) is 2.60. The molecule has 1 aliphatic heterocycles.